The molecule has 3 nitrogen and oxygen atoms in total. The Morgan fingerprint density at radius 1 is 1.32 bits per heavy atom. The molecule has 4 heteroatoms. The maximum Gasteiger partial charge on any atom is 0.0937 e. The molecule has 1 aliphatic carbocycles. The van der Waals surface area contributed by atoms with E-state index in [9.17, 15) is 5.11 Å². The highest BCUT2D eigenvalue weighted by molar-refractivity contribution is 7.10. The molecule has 1 saturated carbocycles. The summed E-state index contributed by atoms with van der Waals surface area (Å²) >= 11 is 1.60. The molecule has 2 aromatic heterocycles. The molecule has 0 spiro atoms. The summed E-state index contributed by atoms with van der Waals surface area (Å²) < 4.78 is 2.11. The third-order valence-electron chi connectivity index (χ3n) is 3.89. The van der Waals surface area contributed by atoms with E-state index in [4.69, 9.17) is 0 Å². The van der Waals surface area contributed by atoms with Gasteiger partial charge in [0.15, 0.2) is 0 Å². The molecule has 1 aliphatic rings. The summed E-state index contributed by atoms with van der Waals surface area (Å²) in [4.78, 5) is 1.02. The summed E-state index contributed by atoms with van der Waals surface area (Å²) in [6.07, 6.45) is 8.75. The third-order valence-corrected chi connectivity index (χ3v) is 4.86. The molecule has 19 heavy (non-hydrogen) atoms. The van der Waals surface area contributed by atoms with Gasteiger partial charge in [-0.3, -0.25) is 4.68 Å². The van der Waals surface area contributed by atoms with Crippen molar-refractivity contribution in [1.29, 1.82) is 0 Å². The van der Waals surface area contributed by atoms with E-state index in [-0.39, 0.29) is 0 Å². The van der Waals surface area contributed by atoms with E-state index < -0.39 is 6.10 Å². The second-order valence-corrected chi connectivity index (χ2v) is 6.29. The number of nitrogens with zero attached hydrogens (tertiary/aromatic N) is 2. The Hall–Kier alpha value is -1.13. The van der Waals surface area contributed by atoms with Gasteiger partial charge < -0.3 is 5.11 Å². The standard InChI is InChI=1S/C15H20N2OS/c18-14(15-7-4-10-19-15)11-12-8-9-17(16-12)13-5-2-1-3-6-13/h4,7-10,13-14,18H,1-3,5-6,11H2. The van der Waals surface area contributed by atoms with E-state index in [1.54, 1.807) is 11.3 Å². The number of aliphatic hydroxyl groups excluding tert-OH is 1. The molecule has 3 rings (SSSR count). The zero-order chi connectivity index (χ0) is 13.1. The highest BCUT2D eigenvalue weighted by atomic mass is 32.1. The maximum atomic E-state index is 10.1. The Morgan fingerprint density at radius 2 is 2.16 bits per heavy atom. The number of thiophene rings is 1. The topological polar surface area (TPSA) is 38.0 Å². The largest absolute Gasteiger partial charge is 0.387 e. The summed E-state index contributed by atoms with van der Waals surface area (Å²) in [5.74, 6) is 0. The monoisotopic (exact) mass is 276 g/mol. The van der Waals surface area contributed by atoms with E-state index in [1.165, 1.54) is 32.1 Å². The lowest BCUT2D eigenvalue weighted by atomic mass is 9.96. The van der Waals surface area contributed by atoms with E-state index in [0.29, 0.717) is 12.5 Å². The smallest absolute Gasteiger partial charge is 0.0937 e. The van der Waals surface area contributed by atoms with Crippen molar-refractivity contribution in [3.63, 3.8) is 0 Å². The number of hydrogen-bond donors (Lipinski definition) is 1. The van der Waals surface area contributed by atoms with Crippen LogP contribution in [0.3, 0.4) is 0 Å². The molecule has 1 atom stereocenters. The van der Waals surface area contributed by atoms with Crippen LogP contribution >= 0.6 is 11.3 Å². The minimum absolute atomic E-state index is 0.422. The summed E-state index contributed by atoms with van der Waals surface area (Å²) in [6, 6.07) is 6.57. The number of aromatic nitrogens is 2. The fourth-order valence-electron chi connectivity index (χ4n) is 2.81. The lowest BCUT2D eigenvalue weighted by molar-refractivity contribution is 0.180. The van der Waals surface area contributed by atoms with Gasteiger partial charge in [-0.15, -0.1) is 11.3 Å². The van der Waals surface area contributed by atoms with E-state index in [1.807, 2.05) is 23.6 Å². The Kier molecular flexibility index (Phi) is 3.99. The zero-order valence-corrected chi connectivity index (χ0v) is 11.9. The molecule has 2 aromatic rings. The molecule has 0 aliphatic heterocycles. The minimum Gasteiger partial charge on any atom is -0.387 e. The van der Waals surface area contributed by atoms with Gasteiger partial charge in [0.05, 0.1) is 17.8 Å². The van der Waals surface area contributed by atoms with Crippen LogP contribution in [0.15, 0.2) is 29.8 Å². The molecule has 1 unspecified atom stereocenters. The Morgan fingerprint density at radius 3 is 2.89 bits per heavy atom. The van der Waals surface area contributed by atoms with Crippen LogP contribution in [0, 0.1) is 0 Å². The predicted molar refractivity (Wildman–Crippen MR) is 77.3 cm³/mol. The van der Waals surface area contributed by atoms with Gasteiger partial charge in [0.1, 0.15) is 0 Å². The van der Waals surface area contributed by atoms with Crippen molar-refractivity contribution in [1.82, 2.24) is 9.78 Å². The summed E-state index contributed by atoms with van der Waals surface area (Å²) in [5.41, 5.74) is 0.992. The summed E-state index contributed by atoms with van der Waals surface area (Å²) in [5, 5.41) is 16.8. The van der Waals surface area contributed by atoms with Gasteiger partial charge in [0.2, 0.25) is 0 Å². The second-order valence-electron chi connectivity index (χ2n) is 5.31. The van der Waals surface area contributed by atoms with Crippen molar-refractivity contribution in [2.75, 3.05) is 0 Å². The van der Waals surface area contributed by atoms with Crippen LogP contribution in [0.1, 0.15) is 54.8 Å². The molecular formula is C15H20N2OS. The summed E-state index contributed by atoms with van der Waals surface area (Å²) in [6.45, 7) is 0. The van der Waals surface area contributed by atoms with Crippen LogP contribution in [-0.4, -0.2) is 14.9 Å². The van der Waals surface area contributed by atoms with Gasteiger partial charge in [-0.2, -0.15) is 5.10 Å². The quantitative estimate of drug-likeness (QED) is 0.924. The lowest BCUT2D eigenvalue weighted by Crippen LogP contribution is -2.13. The maximum absolute atomic E-state index is 10.1. The van der Waals surface area contributed by atoms with Crippen molar-refractivity contribution < 1.29 is 5.11 Å². The van der Waals surface area contributed by atoms with Crippen LogP contribution in [0.25, 0.3) is 0 Å². The molecular weight excluding hydrogens is 256 g/mol. The first-order valence-electron chi connectivity index (χ1n) is 7.08. The Labute approximate surface area is 117 Å². The number of rotatable bonds is 4. The van der Waals surface area contributed by atoms with Gasteiger partial charge in [-0.1, -0.05) is 25.3 Å². The Bertz CT molecular complexity index is 500. The molecule has 0 amide bonds. The molecule has 0 bridgehead atoms. The van der Waals surface area contributed by atoms with Gasteiger partial charge in [0.25, 0.3) is 0 Å². The molecule has 0 saturated heterocycles. The normalized spacial score (nSPS) is 18.6. The first kappa shape index (κ1) is 12.9. The fourth-order valence-corrected chi connectivity index (χ4v) is 3.53. The highest BCUT2D eigenvalue weighted by Gasteiger charge is 2.17. The fraction of sp³-hybridized carbons (Fsp3) is 0.533. The van der Waals surface area contributed by atoms with Crippen molar-refractivity contribution >= 4 is 11.3 Å². The molecule has 1 fully saturated rings. The van der Waals surface area contributed by atoms with Gasteiger partial charge in [-0.05, 0) is 30.4 Å². The SMILES string of the molecule is OC(Cc1ccn(C2CCCCC2)n1)c1cccs1. The van der Waals surface area contributed by atoms with E-state index in [0.717, 1.165) is 10.6 Å². The van der Waals surface area contributed by atoms with Crippen LogP contribution in [0.2, 0.25) is 0 Å². The van der Waals surface area contributed by atoms with Crippen molar-refractivity contribution in [2.24, 2.45) is 0 Å². The molecule has 0 aromatic carbocycles. The molecule has 2 heterocycles. The molecule has 102 valence electrons. The number of aliphatic hydroxyl groups is 1. The predicted octanol–water partition coefficient (Wildman–Crippen LogP) is 3.73. The van der Waals surface area contributed by atoms with Gasteiger partial charge in [0, 0.05) is 17.5 Å². The third kappa shape index (κ3) is 3.07. The van der Waals surface area contributed by atoms with Crippen molar-refractivity contribution in [2.45, 2.75) is 50.7 Å². The van der Waals surface area contributed by atoms with Crippen molar-refractivity contribution in [3.8, 4) is 0 Å². The van der Waals surface area contributed by atoms with E-state index in [2.05, 4.69) is 16.0 Å². The van der Waals surface area contributed by atoms with E-state index >= 15 is 0 Å². The summed E-state index contributed by atoms with van der Waals surface area (Å²) in [7, 11) is 0. The van der Waals surface area contributed by atoms with Crippen LogP contribution in [0.5, 0.6) is 0 Å². The van der Waals surface area contributed by atoms with Crippen LogP contribution in [0.4, 0.5) is 0 Å². The van der Waals surface area contributed by atoms with Gasteiger partial charge >= 0.3 is 0 Å². The average Bonchev–Trinajstić information content (AvgIpc) is 3.11. The second kappa shape index (κ2) is 5.88. The first-order valence-corrected chi connectivity index (χ1v) is 7.96. The highest BCUT2D eigenvalue weighted by Crippen LogP contribution is 2.28. The molecule has 0 radical (unpaired) electrons. The first-order chi connectivity index (χ1) is 9.33. The molecule has 1 N–H and O–H groups in total. The lowest BCUT2D eigenvalue weighted by Gasteiger charge is -2.21. The van der Waals surface area contributed by atoms with Crippen LogP contribution < -0.4 is 0 Å². The minimum atomic E-state index is -0.422. The number of hydrogen-bond acceptors (Lipinski definition) is 3. The average molecular weight is 276 g/mol. The Balaban J connectivity index is 1.64. The van der Waals surface area contributed by atoms with Crippen LogP contribution in [-0.2, 0) is 6.42 Å². The van der Waals surface area contributed by atoms with Gasteiger partial charge in [-0.25, -0.2) is 0 Å². The van der Waals surface area contributed by atoms with Crippen molar-refractivity contribution in [3.05, 3.63) is 40.3 Å². The zero-order valence-electron chi connectivity index (χ0n) is 11.0.